The number of H-pyrrole nitrogens is 1. The molecule has 1 aromatic carbocycles. The quantitative estimate of drug-likeness (QED) is 0.910. The van der Waals surface area contributed by atoms with Crippen LogP contribution in [-0.4, -0.2) is 17.0 Å². The molecule has 0 saturated carbocycles. The van der Waals surface area contributed by atoms with E-state index in [0.29, 0.717) is 16.7 Å². The van der Waals surface area contributed by atoms with Crippen LogP contribution in [0.1, 0.15) is 17.4 Å². The van der Waals surface area contributed by atoms with Crippen molar-refractivity contribution < 1.29 is 8.78 Å². The molecule has 1 atom stereocenters. The molecular formula is C12H12BrF2N3. The molecule has 1 heterocycles. The summed E-state index contributed by atoms with van der Waals surface area (Å²) in [6, 6.07) is 2.04. The maximum Gasteiger partial charge on any atom is 0.132 e. The molecule has 0 aliphatic heterocycles. The van der Waals surface area contributed by atoms with Gasteiger partial charge < -0.3 is 10.3 Å². The Morgan fingerprint density at radius 2 is 2.06 bits per heavy atom. The van der Waals surface area contributed by atoms with Crippen LogP contribution in [0.5, 0.6) is 0 Å². The van der Waals surface area contributed by atoms with Gasteiger partial charge in [-0.15, -0.1) is 0 Å². The van der Waals surface area contributed by atoms with E-state index < -0.39 is 17.7 Å². The number of halogens is 3. The molecule has 18 heavy (non-hydrogen) atoms. The fraction of sp³-hybridized carbons (Fsp3) is 0.250. The first kappa shape index (κ1) is 13.2. The fourth-order valence-electron chi connectivity index (χ4n) is 1.84. The standard InChI is InChI=1S/C12H12BrF2N3/c1-16-10(6-11-17-2-3-18-11)12-8(14)4-7(13)5-9(12)15/h2-5,10,16H,6H2,1H3,(H,17,18). The zero-order chi connectivity index (χ0) is 13.1. The first-order chi connectivity index (χ1) is 8.61. The Bertz CT molecular complexity index is 505. The molecule has 1 aromatic heterocycles. The lowest BCUT2D eigenvalue weighted by atomic mass is 10.0. The lowest BCUT2D eigenvalue weighted by Gasteiger charge is -2.17. The fourth-order valence-corrected chi connectivity index (χ4v) is 2.24. The van der Waals surface area contributed by atoms with Gasteiger partial charge >= 0.3 is 0 Å². The predicted molar refractivity (Wildman–Crippen MR) is 68.2 cm³/mol. The summed E-state index contributed by atoms with van der Waals surface area (Å²) < 4.78 is 28.1. The SMILES string of the molecule is CNC(Cc1ncc[nH]1)c1c(F)cc(Br)cc1F. The molecule has 0 saturated heterocycles. The Morgan fingerprint density at radius 3 is 2.56 bits per heavy atom. The lowest BCUT2D eigenvalue weighted by Crippen LogP contribution is -2.22. The number of aromatic nitrogens is 2. The Morgan fingerprint density at radius 1 is 1.39 bits per heavy atom. The molecule has 0 radical (unpaired) electrons. The number of nitrogens with zero attached hydrogens (tertiary/aromatic N) is 1. The molecule has 0 aliphatic carbocycles. The summed E-state index contributed by atoms with van der Waals surface area (Å²) in [6.07, 6.45) is 3.67. The molecule has 2 rings (SSSR count). The Balaban J connectivity index is 2.33. The number of imidazole rings is 1. The van der Waals surface area contributed by atoms with Crippen molar-refractivity contribution in [3.63, 3.8) is 0 Å². The average Bonchev–Trinajstić information content (AvgIpc) is 2.79. The highest BCUT2D eigenvalue weighted by Gasteiger charge is 2.20. The molecule has 0 amide bonds. The van der Waals surface area contributed by atoms with Crippen molar-refractivity contribution in [2.24, 2.45) is 0 Å². The topological polar surface area (TPSA) is 40.7 Å². The van der Waals surface area contributed by atoms with Crippen molar-refractivity contribution in [3.05, 3.63) is 52.0 Å². The van der Waals surface area contributed by atoms with Crippen molar-refractivity contribution in [2.45, 2.75) is 12.5 Å². The van der Waals surface area contributed by atoms with Crippen LogP contribution in [0.4, 0.5) is 8.78 Å². The number of likely N-dealkylation sites (N-methyl/N-ethyl adjacent to an activating group) is 1. The number of benzene rings is 1. The van der Waals surface area contributed by atoms with Gasteiger partial charge in [-0.3, -0.25) is 0 Å². The minimum atomic E-state index is -0.576. The van der Waals surface area contributed by atoms with E-state index in [1.165, 1.54) is 12.1 Å². The second-order valence-corrected chi connectivity index (χ2v) is 4.78. The van der Waals surface area contributed by atoms with E-state index in [2.05, 4.69) is 31.2 Å². The van der Waals surface area contributed by atoms with Gasteiger partial charge in [0.1, 0.15) is 17.5 Å². The van der Waals surface area contributed by atoms with Crippen LogP contribution < -0.4 is 5.32 Å². The largest absolute Gasteiger partial charge is 0.349 e. The average molecular weight is 316 g/mol. The zero-order valence-electron chi connectivity index (χ0n) is 9.67. The van der Waals surface area contributed by atoms with Crippen LogP contribution >= 0.6 is 15.9 Å². The van der Waals surface area contributed by atoms with Crippen molar-refractivity contribution in [1.29, 1.82) is 0 Å². The van der Waals surface area contributed by atoms with Crippen molar-refractivity contribution >= 4 is 15.9 Å². The number of hydrogen-bond donors (Lipinski definition) is 2. The number of hydrogen-bond acceptors (Lipinski definition) is 2. The maximum absolute atomic E-state index is 13.8. The molecule has 0 aliphatic rings. The molecule has 0 bridgehead atoms. The third kappa shape index (κ3) is 2.76. The van der Waals surface area contributed by atoms with Gasteiger partial charge in [-0.25, -0.2) is 13.8 Å². The van der Waals surface area contributed by atoms with Crippen LogP contribution in [0.2, 0.25) is 0 Å². The van der Waals surface area contributed by atoms with E-state index in [1.54, 1.807) is 19.4 Å². The number of nitrogens with one attached hydrogen (secondary N) is 2. The van der Waals surface area contributed by atoms with E-state index in [-0.39, 0.29) is 5.56 Å². The third-order valence-corrected chi connectivity index (χ3v) is 3.15. The molecule has 1 unspecified atom stereocenters. The van der Waals surface area contributed by atoms with Crippen molar-refractivity contribution in [3.8, 4) is 0 Å². The van der Waals surface area contributed by atoms with Crippen LogP contribution in [0.3, 0.4) is 0 Å². The summed E-state index contributed by atoms with van der Waals surface area (Å²) in [5.74, 6) is -0.475. The van der Waals surface area contributed by atoms with E-state index in [1.807, 2.05) is 0 Å². The highest BCUT2D eigenvalue weighted by Crippen LogP contribution is 2.26. The Hall–Kier alpha value is -1.27. The van der Waals surface area contributed by atoms with E-state index >= 15 is 0 Å². The van der Waals surface area contributed by atoms with Gasteiger partial charge in [-0.2, -0.15) is 0 Å². The maximum atomic E-state index is 13.8. The van der Waals surface area contributed by atoms with Gasteiger partial charge in [0.05, 0.1) is 0 Å². The molecule has 96 valence electrons. The highest BCUT2D eigenvalue weighted by atomic mass is 79.9. The van der Waals surface area contributed by atoms with E-state index in [9.17, 15) is 8.78 Å². The number of aromatic amines is 1. The van der Waals surface area contributed by atoms with Gasteiger partial charge in [-0.1, -0.05) is 15.9 Å². The van der Waals surface area contributed by atoms with Gasteiger partial charge in [0, 0.05) is 34.9 Å². The van der Waals surface area contributed by atoms with Crippen molar-refractivity contribution in [1.82, 2.24) is 15.3 Å². The van der Waals surface area contributed by atoms with Crippen molar-refractivity contribution in [2.75, 3.05) is 7.05 Å². The molecule has 2 N–H and O–H groups in total. The Labute approximate surface area is 112 Å². The first-order valence-electron chi connectivity index (χ1n) is 5.41. The third-order valence-electron chi connectivity index (χ3n) is 2.69. The smallest absolute Gasteiger partial charge is 0.132 e. The highest BCUT2D eigenvalue weighted by molar-refractivity contribution is 9.10. The van der Waals surface area contributed by atoms with Crippen LogP contribution in [0, 0.1) is 11.6 Å². The van der Waals surface area contributed by atoms with Gasteiger partial charge in [0.2, 0.25) is 0 Å². The molecular weight excluding hydrogens is 304 g/mol. The first-order valence-corrected chi connectivity index (χ1v) is 6.21. The van der Waals surface area contributed by atoms with Crippen LogP contribution in [0.25, 0.3) is 0 Å². The summed E-state index contributed by atoms with van der Waals surface area (Å²) >= 11 is 3.06. The van der Waals surface area contributed by atoms with Gasteiger partial charge in [0.25, 0.3) is 0 Å². The van der Waals surface area contributed by atoms with Gasteiger partial charge in [0.15, 0.2) is 0 Å². The second-order valence-electron chi connectivity index (χ2n) is 3.86. The van der Waals surface area contributed by atoms with Crippen LogP contribution in [0.15, 0.2) is 29.0 Å². The predicted octanol–water partition coefficient (Wildman–Crippen LogP) is 2.95. The summed E-state index contributed by atoms with van der Waals surface area (Å²) in [7, 11) is 1.66. The van der Waals surface area contributed by atoms with E-state index in [4.69, 9.17) is 0 Å². The molecule has 0 fully saturated rings. The molecule has 6 heteroatoms. The second kappa shape index (κ2) is 5.58. The zero-order valence-corrected chi connectivity index (χ0v) is 11.3. The monoisotopic (exact) mass is 315 g/mol. The minimum Gasteiger partial charge on any atom is -0.349 e. The summed E-state index contributed by atoms with van der Waals surface area (Å²) in [5.41, 5.74) is 0.0251. The van der Waals surface area contributed by atoms with Gasteiger partial charge in [-0.05, 0) is 19.2 Å². The Kier molecular flexibility index (Phi) is 4.08. The summed E-state index contributed by atoms with van der Waals surface area (Å²) in [5, 5.41) is 2.90. The van der Waals surface area contributed by atoms with Crippen LogP contribution in [-0.2, 0) is 6.42 Å². The summed E-state index contributed by atoms with van der Waals surface area (Å²) in [6.45, 7) is 0. The molecule has 2 aromatic rings. The molecule has 3 nitrogen and oxygen atoms in total. The number of rotatable bonds is 4. The summed E-state index contributed by atoms with van der Waals surface area (Å²) in [4.78, 5) is 6.97. The minimum absolute atomic E-state index is 0.0251. The lowest BCUT2D eigenvalue weighted by molar-refractivity contribution is 0.484. The normalized spacial score (nSPS) is 12.7. The molecule has 0 spiro atoms. The van der Waals surface area contributed by atoms with E-state index in [0.717, 1.165) is 0 Å².